The fraction of sp³-hybridized carbons (Fsp3) is 0.632. The Labute approximate surface area is 233 Å². The Morgan fingerprint density at radius 3 is 2.49 bits per heavy atom. The Hall–Kier alpha value is -1.54. The van der Waals surface area contributed by atoms with E-state index in [0.29, 0.717) is 10.6 Å². The topological polar surface area (TPSA) is 260 Å². The predicted octanol–water partition coefficient (Wildman–Crippen LogP) is -2.65. The monoisotopic (exact) mass is 654 g/mol. The minimum atomic E-state index is -5.59. The Morgan fingerprint density at radius 1 is 1.24 bits per heavy atom. The highest BCUT2D eigenvalue weighted by atomic mass is 32.5. The number of nitrogens with one attached hydrogen (secondary N) is 1. The lowest BCUT2D eigenvalue weighted by atomic mass is 9.96. The van der Waals surface area contributed by atoms with Crippen molar-refractivity contribution in [1.82, 2.24) is 9.55 Å². The number of hydrogen-bond acceptors (Lipinski definition) is 14. The van der Waals surface area contributed by atoms with Crippen LogP contribution in [0.4, 0.5) is 8.78 Å². The summed E-state index contributed by atoms with van der Waals surface area (Å²) in [5, 5.41) is 49.2. The number of aromatic amines is 1. The highest BCUT2D eigenvalue weighted by Crippen LogP contribution is 2.62. The molecule has 3 heterocycles. The summed E-state index contributed by atoms with van der Waals surface area (Å²) >= 11 is 4.62. The summed E-state index contributed by atoms with van der Waals surface area (Å²) in [5.41, 5.74) is -2.72. The summed E-state index contributed by atoms with van der Waals surface area (Å²) in [5.74, 6) is 0. The third-order valence-electron chi connectivity index (χ3n) is 5.90. The highest BCUT2D eigenvalue weighted by molar-refractivity contribution is 8.08. The number of H-pyrrole nitrogens is 1. The second kappa shape index (κ2) is 13.0. The molecular weight excluding hydrogens is 628 g/mol. The van der Waals surface area contributed by atoms with Gasteiger partial charge in [-0.25, -0.2) is 22.5 Å². The summed E-state index contributed by atoms with van der Waals surface area (Å²) < 4.78 is 66.7. The molecule has 2 aliphatic rings. The minimum Gasteiger partial charge on any atom is -0.393 e. The van der Waals surface area contributed by atoms with Gasteiger partial charge in [-0.2, -0.15) is 0 Å². The first kappa shape index (κ1) is 34.0. The van der Waals surface area contributed by atoms with Gasteiger partial charge in [0.1, 0.15) is 36.6 Å². The Kier molecular flexibility index (Phi) is 10.8. The Morgan fingerprint density at radius 2 is 1.90 bits per heavy atom. The van der Waals surface area contributed by atoms with E-state index in [1.165, 1.54) is 0 Å². The number of phosphoric acid groups is 1. The first-order chi connectivity index (χ1) is 19.0. The van der Waals surface area contributed by atoms with Gasteiger partial charge >= 0.3 is 20.2 Å². The second-order valence-electron chi connectivity index (χ2n) is 8.72. The van der Waals surface area contributed by atoms with Gasteiger partial charge in [0.15, 0.2) is 18.7 Å². The number of alkyl halides is 2. The number of aromatic nitrogens is 2. The maximum atomic E-state index is 15.8. The lowest BCUT2D eigenvalue weighted by Crippen LogP contribution is -2.60. The first-order valence-electron chi connectivity index (χ1n) is 11.3. The molecule has 2 fully saturated rings. The van der Waals surface area contributed by atoms with Gasteiger partial charge in [0.2, 0.25) is 5.67 Å². The molecule has 0 radical (unpaired) electrons. The van der Waals surface area contributed by atoms with Crippen LogP contribution >= 0.6 is 14.5 Å². The number of aliphatic hydroxyl groups excluding tert-OH is 5. The number of halogens is 2. The van der Waals surface area contributed by atoms with Gasteiger partial charge < -0.3 is 49.3 Å². The van der Waals surface area contributed by atoms with E-state index in [4.69, 9.17) is 19.1 Å². The molecule has 8 N–H and O–H groups in total. The fourth-order valence-electron chi connectivity index (χ4n) is 3.95. The van der Waals surface area contributed by atoms with Crippen LogP contribution in [0.5, 0.6) is 0 Å². The smallest absolute Gasteiger partial charge is 0.393 e. The van der Waals surface area contributed by atoms with Gasteiger partial charge in [-0.15, -0.1) is 5.73 Å². The summed E-state index contributed by atoms with van der Waals surface area (Å²) in [4.78, 5) is 45.7. The summed E-state index contributed by atoms with van der Waals surface area (Å²) in [6.07, 6.45) is -17.5. The number of aliphatic hydroxyl groups is 5. The van der Waals surface area contributed by atoms with E-state index in [-0.39, 0.29) is 0 Å². The summed E-state index contributed by atoms with van der Waals surface area (Å²) in [6, 6.07) is 0.867. The van der Waals surface area contributed by atoms with Gasteiger partial charge in [-0.05, 0) is 11.8 Å². The molecule has 2 aliphatic heterocycles. The maximum absolute atomic E-state index is 15.8. The zero-order valence-electron chi connectivity index (χ0n) is 20.5. The molecule has 0 aromatic carbocycles. The molecule has 2 saturated heterocycles. The number of nitrogens with zero attached hydrogens (tertiary/aromatic N) is 1. The maximum Gasteiger partial charge on any atom is 0.481 e. The van der Waals surface area contributed by atoms with Crippen LogP contribution in [0, 0.1) is 0 Å². The van der Waals surface area contributed by atoms with Crippen LogP contribution in [-0.4, -0.2) is 113 Å². The number of ether oxygens (including phenoxy) is 2. The summed E-state index contributed by atoms with van der Waals surface area (Å²) in [7, 11) is -5.59. The van der Waals surface area contributed by atoms with Gasteiger partial charge in [0.25, 0.3) is 5.56 Å². The van der Waals surface area contributed by atoms with Crippen molar-refractivity contribution >= 4 is 26.3 Å². The summed E-state index contributed by atoms with van der Waals surface area (Å²) in [6.45, 7) is -3.87. The van der Waals surface area contributed by atoms with Gasteiger partial charge in [0, 0.05) is 18.3 Å². The number of phosphoric ester groups is 1. The SMILES string of the molecule is C=C=C[C@@]1(F)[C@H](O)[C@@H](COP(O)(=S)OP(=O)(O)OC2OC([C@@H](F)CO)C(O)C(O)C2O)O[C@H]1n1ccc(=O)[nH]c1=O. The largest absolute Gasteiger partial charge is 0.481 e. The normalized spacial score (nSPS) is 37.5. The van der Waals surface area contributed by atoms with Crippen molar-refractivity contribution in [2.45, 2.75) is 61.0 Å². The Bertz CT molecular complexity index is 1360. The van der Waals surface area contributed by atoms with Crippen molar-refractivity contribution in [3.05, 3.63) is 51.5 Å². The molecule has 1 aromatic heterocycles. The van der Waals surface area contributed by atoms with Gasteiger partial charge in [-0.1, -0.05) is 6.58 Å². The van der Waals surface area contributed by atoms with E-state index in [1.807, 2.05) is 4.98 Å². The van der Waals surface area contributed by atoms with Crippen molar-refractivity contribution in [2.24, 2.45) is 0 Å². The average molecular weight is 654 g/mol. The van der Waals surface area contributed by atoms with Crippen LogP contribution < -0.4 is 11.2 Å². The number of hydrogen-bond donors (Lipinski definition) is 8. The van der Waals surface area contributed by atoms with Crippen LogP contribution in [0.3, 0.4) is 0 Å². The Balaban J connectivity index is 1.71. The van der Waals surface area contributed by atoms with E-state index in [1.54, 1.807) is 0 Å². The van der Waals surface area contributed by atoms with Crippen LogP contribution in [0.1, 0.15) is 6.23 Å². The van der Waals surface area contributed by atoms with E-state index >= 15 is 4.39 Å². The molecule has 0 bridgehead atoms. The zero-order chi connectivity index (χ0) is 30.9. The zero-order valence-corrected chi connectivity index (χ0v) is 23.1. The quantitative estimate of drug-likeness (QED) is 0.0895. The van der Waals surface area contributed by atoms with E-state index in [9.17, 15) is 48.8 Å². The first-order valence-corrected chi connectivity index (χ1v) is 15.4. The molecule has 17 nitrogen and oxygen atoms in total. The molecule has 232 valence electrons. The molecule has 0 spiro atoms. The van der Waals surface area contributed by atoms with Gasteiger partial charge in [-0.3, -0.25) is 18.9 Å². The lowest BCUT2D eigenvalue weighted by molar-refractivity contribution is -0.287. The average Bonchev–Trinajstić information content (AvgIpc) is 3.11. The van der Waals surface area contributed by atoms with Crippen molar-refractivity contribution < 1.29 is 71.5 Å². The predicted molar refractivity (Wildman–Crippen MR) is 132 cm³/mol. The van der Waals surface area contributed by atoms with Crippen molar-refractivity contribution in [3.63, 3.8) is 0 Å². The van der Waals surface area contributed by atoms with Crippen LogP contribution in [0.2, 0.25) is 0 Å². The second-order valence-corrected chi connectivity index (χ2v) is 13.1. The van der Waals surface area contributed by atoms with Crippen molar-refractivity contribution in [3.8, 4) is 0 Å². The fourth-order valence-corrected chi connectivity index (χ4v) is 7.04. The molecule has 22 heteroatoms. The molecule has 0 amide bonds. The molecule has 3 rings (SSSR count). The molecular formula is C19H26F2N2O15P2S. The van der Waals surface area contributed by atoms with E-state index in [2.05, 4.69) is 33.0 Å². The van der Waals surface area contributed by atoms with Crippen molar-refractivity contribution in [2.75, 3.05) is 13.2 Å². The number of rotatable bonds is 11. The lowest BCUT2D eigenvalue weighted by Gasteiger charge is -2.41. The third-order valence-corrected chi connectivity index (χ3v) is 9.41. The molecule has 0 saturated carbocycles. The molecule has 12 atom stereocenters. The minimum absolute atomic E-state index is 0.590. The standard InChI is InChI=1S/C19H26F2N2O15P2S/c1-2-4-19(21)15(29)9(35-17(19)23-5-3-10(25)22-18(23)30)7-34-40(33,41)38-39(31,32)37-16-13(28)11(26)12(27)14(36-16)8(20)6-24/h3-5,8-9,11-17,24,26-29H,1,6-7H2,(H,31,32)(H,33,41)(H,22,25,30)/t8-,9+,11?,12?,13?,14?,15+,16?,17+,19+,40?/m0/s1. The molecule has 7 unspecified atom stereocenters. The van der Waals surface area contributed by atoms with Crippen LogP contribution in [-0.2, 0) is 39.2 Å². The van der Waals surface area contributed by atoms with Crippen molar-refractivity contribution in [1.29, 1.82) is 0 Å². The molecule has 0 aliphatic carbocycles. The van der Waals surface area contributed by atoms with E-state index < -0.39 is 100.0 Å². The van der Waals surface area contributed by atoms with E-state index in [0.717, 1.165) is 12.3 Å². The van der Waals surface area contributed by atoms with Gasteiger partial charge in [0.05, 0.1) is 13.2 Å². The molecule has 1 aromatic rings. The van der Waals surface area contributed by atoms with Crippen LogP contribution in [0.25, 0.3) is 0 Å². The third kappa shape index (κ3) is 7.52. The van der Waals surface area contributed by atoms with Crippen LogP contribution in [0.15, 0.2) is 40.2 Å². The molecule has 41 heavy (non-hydrogen) atoms. The highest BCUT2D eigenvalue weighted by Gasteiger charge is 2.58.